The summed E-state index contributed by atoms with van der Waals surface area (Å²) in [5, 5.41) is 9.63. The van der Waals surface area contributed by atoms with Gasteiger partial charge in [-0.1, -0.05) is 44.2 Å². The first-order chi connectivity index (χ1) is 13.7. The zero-order valence-electron chi connectivity index (χ0n) is 17.2. The van der Waals surface area contributed by atoms with E-state index >= 15 is 0 Å². The van der Waals surface area contributed by atoms with Gasteiger partial charge in [-0.25, -0.2) is 9.59 Å². The average molecular weight is 408 g/mol. The van der Waals surface area contributed by atoms with Crippen LogP contribution < -0.4 is 0 Å². The van der Waals surface area contributed by atoms with Crippen molar-refractivity contribution in [1.29, 1.82) is 0 Å². The summed E-state index contributed by atoms with van der Waals surface area (Å²) in [5.74, 6) is -4.80. The van der Waals surface area contributed by atoms with Crippen LogP contribution in [-0.4, -0.2) is 47.8 Å². The molecule has 1 rings (SSSR count). The number of carboxylic acids is 1. The van der Waals surface area contributed by atoms with Crippen LogP contribution in [0.5, 0.6) is 0 Å². The van der Waals surface area contributed by atoms with Crippen LogP contribution in [0, 0.1) is 5.41 Å². The quantitative estimate of drug-likeness (QED) is 0.337. The number of esters is 3. The Labute approximate surface area is 170 Å². The van der Waals surface area contributed by atoms with Crippen LogP contribution in [0.3, 0.4) is 0 Å². The molecule has 1 aromatic rings. The normalized spacial score (nSPS) is 11.4. The molecule has 0 unspecified atom stereocenters. The fourth-order valence-electron chi connectivity index (χ4n) is 2.91. The van der Waals surface area contributed by atoms with Crippen molar-refractivity contribution in [3.63, 3.8) is 0 Å². The van der Waals surface area contributed by atoms with Gasteiger partial charge >= 0.3 is 29.5 Å². The Hall–Kier alpha value is -2.90. The van der Waals surface area contributed by atoms with Crippen molar-refractivity contribution in [2.75, 3.05) is 13.2 Å². The zero-order valence-corrected chi connectivity index (χ0v) is 17.2. The molecule has 0 radical (unpaired) electrons. The Balaban J connectivity index is 3.54. The predicted octanol–water partition coefficient (Wildman–Crippen LogP) is 2.53. The summed E-state index contributed by atoms with van der Waals surface area (Å²) >= 11 is 0. The van der Waals surface area contributed by atoms with Gasteiger partial charge < -0.3 is 19.3 Å². The third kappa shape index (κ3) is 5.13. The molecule has 0 saturated carbocycles. The van der Waals surface area contributed by atoms with E-state index in [2.05, 4.69) is 0 Å². The van der Waals surface area contributed by atoms with Gasteiger partial charge in [-0.2, -0.15) is 0 Å². The van der Waals surface area contributed by atoms with E-state index in [9.17, 15) is 24.3 Å². The standard InChI is InChI=1S/C21H28O8/c1-5-20(6-2,16(22)23)17(24)29-21(18(25)27-7-3,19(26)28-8-4)14-15-12-10-9-11-13-15/h9-13H,5-8,14H2,1-4H3,(H,22,23). The molecule has 0 aromatic heterocycles. The van der Waals surface area contributed by atoms with E-state index < -0.39 is 34.9 Å². The van der Waals surface area contributed by atoms with Gasteiger partial charge in [0.15, 0.2) is 5.41 Å². The highest BCUT2D eigenvalue weighted by molar-refractivity contribution is 6.08. The van der Waals surface area contributed by atoms with Crippen LogP contribution in [0.2, 0.25) is 0 Å². The highest BCUT2D eigenvalue weighted by Gasteiger charge is 2.57. The van der Waals surface area contributed by atoms with E-state index in [0.29, 0.717) is 5.56 Å². The number of benzene rings is 1. The van der Waals surface area contributed by atoms with Crippen LogP contribution >= 0.6 is 0 Å². The molecule has 0 aliphatic rings. The number of carboxylic acid groups (broad SMARTS) is 1. The lowest BCUT2D eigenvalue weighted by Gasteiger charge is -2.33. The number of hydrogen-bond acceptors (Lipinski definition) is 7. The largest absolute Gasteiger partial charge is 0.480 e. The minimum atomic E-state index is -2.45. The van der Waals surface area contributed by atoms with Crippen molar-refractivity contribution in [2.45, 2.75) is 52.6 Å². The number of carbonyl (C=O) groups is 4. The average Bonchev–Trinajstić information content (AvgIpc) is 2.69. The van der Waals surface area contributed by atoms with E-state index in [1.165, 1.54) is 27.7 Å². The van der Waals surface area contributed by atoms with Gasteiger partial charge in [0.05, 0.1) is 13.2 Å². The fraction of sp³-hybridized carbons (Fsp3) is 0.524. The number of aliphatic carboxylic acids is 1. The first kappa shape index (κ1) is 24.1. The van der Waals surface area contributed by atoms with Crippen LogP contribution in [0.1, 0.15) is 46.1 Å². The minimum absolute atomic E-state index is 0.0715. The second-order valence-corrected chi connectivity index (χ2v) is 6.41. The zero-order chi connectivity index (χ0) is 22.1. The Bertz CT molecular complexity index is 703. The number of carbonyl (C=O) groups excluding carboxylic acids is 3. The molecule has 1 aromatic carbocycles. The lowest BCUT2D eigenvalue weighted by Crippen LogP contribution is -2.56. The Kier molecular flexibility index (Phi) is 8.82. The minimum Gasteiger partial charge on any atom is -0.480 e. The van der Waals surface area contributed by atoms with Crippen molar-refractivity contribution in [2.24, 2.45) is 5.41 Å². The van der Waals surface area contributed by atoms with Gasteiger partial charge in [0.2, 0.25) is 0 Å². The summed E-state index contributed by atoms with van der Waals surface area (Å²) in [6.45, 7) is 5.98. The molecule has 0 aliphatic carbocycles. The molecule has 0 spiro atoms. The maximum atomic E-state index is 13.0. The molecule has 0 bridgehead atoms. The summed E-state index contributed by atoms with van der Waals surface area (Å²) in [5.41, 5.74) is -3.84. The molecular weight excluding hydrogens is 380 g/mol. The summed E-state index contributed by atoms with van der Waals surface area (Å²) in [7, 11) is 0. The molecule has 160 valence electrons. The molecule has 0 atom stereocenters. The Morgan fingerprint density at radius 2 is 1.31 bits per heavy atom. The van der Waals surface area contributed by atoms with Crippen LogP contribution in [-0.2, 0) is 39.8 Å². The fourth-order valence-corrected chi connectivity index (χ4v) is 2.91. The van der Waals surface area contributed by atoms with E-state index in [4.69, 9.17) is 14.2 Å². The molecule has 0 aliphatic heterocycles. The molecule has 1 N–H and O–H groups in total. The summed E-state index contributed by atoms with van der Waals surface area (Å²) in [6.07, 6.45) is -0.504. The van der Waals surface area contributed by atoms with Gasteiger partial charge in [-0.3, -0.25) is 9.59 Å². The first-order valence-electron chi connectivity index (χ1n) is 9.59. The summed E-state index contributed by atoms with van der Waals surface area (Å²) in [6, 6.07) is 8.42. The van der Waals surface area contributed by atoms with Gasteiger partial charge in [0.25, 0.3) is 0 Å². The summed E-state index contributed by atoms with van der Waals surface area (Å²) < 4.78 is 15.5. The maximum Gasteiger partial charge on any atom is 0.362 e. The van der Waals surface area contributed by atoms with E-state index in [-0.39, 0.29) is 32.5 Å². The highest BCUT2D eigenvalue weighted by atomic mass is 16.6. The smallest absolute Gasteiger partial charge is 0.362 e. The van der Waals surface area contributed by atoms with Crippen molar-refractivity contribution in [3.8, 4) is 0 Å². The third-order valence-corrected chi connectivity index (χ3v) is 4.78. The summed E-state index contributed by atoms with van der Waals surface area (Å²) in [4.78, 5) is 50.5. The SMILES string of the molecule is CCOC(=O)C(Cc1ccccc1)(OC(=O)C(CC)(CC)C(=O)O)C(=O)OCC. The van der Waals surface area contributed by atoms with Crippen LogP contribution in [0.4, 0.5) is 0 Å². The maximum absolute atomic E-state index is 13.0. The lowest BCUT2D eigenvalue weighted by atomic mass is 9.82. The van der Waals surface area contributed by atoms with Crippen LogP contribution in [0.25, 0.3) is 0 Å². The second-order valence-electron chi connectivity index (χ2n) is 6.41. The molecule has 0 fully saturated rings. The lowest BCUT2D eigenvalue weighted by molar-refractivity contribution is -0.203. The number of hydrogen-bond donors (Lipinski definition) is 1. The van der Waals surface area contributed by atoms with Crippen molar-refractivity contribution < 1.29 is 38.5 Å². The first-order valence-corrected chi connectivity index (χ1v) is 9.59. The van der Waals surface area contributed by atoms with Gasteiger partial charge in [0, 0.05) is 6.42 Å². The molecule has 8 heteroatoms. The van der Waals surface area contributed by atoms with Crippen LogP contribution in [0.15, 0.2) is 30.3 Å². The highest BCUT2D eigenvalue weighted by Crippen LogP contribution is 2.33. The monoisotopic (exact) mass is 408 g/mol. The number of ether oxygens (including phenoxy) is 3. The molecule has 29 heavy (non-hydrogen) atoms. The van der Waals surface area contributed by atoms with Crippen molar-refractivity contribution in [3.05, 3.63) is 35.9 Å². The van der Waals surface area contributed by atoms with E-state index in [1.807, 2.05) is 0 Å². The molecular formula is C21H28O8. The molecule has 0 saturated heterocycles. The topological polar surface area (TPSA) is 116 Å². The molecule has 0 amide bonds. The Morgan fingerprint density at radius 3 is 1.69 bits per heavy atom. The number of rotatable bonds is 11. The molecule has 8 nitrogen and oxygen atoms in total. The van der Waals surface area contributed by atoms with E-state index in [1.54, 1.807) is 30.3 Å². The van der Waals surface area contributed by atoms with Gasteiger partial charge in [-0.15, -0.1) is 0 Å². The molecule has 0 heterocycles. The van der Waals surface area contributed by atoms with Gasteiger partial charge in [-0.05, 0) is 32.3 Å². The second kappa shape index (κ2) is 10.6. The van der Waals surface area contributed by atoms with Gasteiger partial charge in [0.1, 0.15) is 0 Å². The van der Waals surface area contributed by atoms with Crippen molar-refractivity contribution in [1.82, 2.24) is 0 Å². The third-order valence-electron chi connectivity index (χ3n) is 4.78. The van der Waals surface area contributed by atoms with E-state index in [0.717, 1.165) is 0 Å². The predicted molar refractivity (Wildman–Crippen MR) is 103 cm³/mol. The Morgan fingerprint density at radius 1 is 0.828 bits per heavy atom. The van der Waals surface area contributed by atoms with Crippen molar-refractivity contribution >= 4 is 23.9 Å².